The van der Waals surface area contributed by atoms with Crippen molar-refractivity contribution in [3.8, 4) is 0 Å². The zero-order chi connectivity index (χ0) is 23.4. The van der Waals surface area contributed by atoms with Gasteiger partial charge in [-0.3, -0.25) is 9.59 Å². The van der Waals surface area contributed by atoms with Gasteiger partial charge < -0.3 is 14.2 Å². The van der Waals surface area contributed by atoms with Crippen molar-refractivity contribution in [2.24, 2.45) is 5.92 Å². The molecule has 2 bridgehead atoms. The molecule has 3 atom stereocenters. The van der Waals surface area contributed by atoms with Crippen LogP contribution in [0.3, 0.4) is 0 Å². The van der Waals surface area contributed by atoms with Crippen molar-refractivity contribution in [1.82, 2.24) is 9.47 Å². The van der Waals surface area contributed by atoms with Crippen molar-refractivity contribution in [2.45, 2.75) is 31.4 Å². The number of ether oxygens (including phenoxy) is 1. The van der Waals surface area contributed by atoms with Crippen molar-refractivity contribution in [2.75, 3.05) is 13.1 Å². The van der Waals surface area contributed by atoms with Gasteiger partial charge in [0.15, 0.2) is 0 Å². The average Bonchev–Trinajstić information content (AvgIpc) is 2.84. The summed E-state index contributed by atoms with van der Waals surface area (Å²) in [5, 5.41) is 0.623. The Balaban J connectivity index is 1.26. The van der Waals surface area contributed by atoms with E-state index < -0.39 is 6.10 Å². The fourth-order valence-corrected chi connectivity index (χ4v) is 5.76. The molecule has 0 spiro atoms. The van der Waals surface area contributed by atoms with Gasteiger partial charge in [-0.1, -0.05) is 29.8 Å². The van der Waals surface area contributed by atoms with Crippen molar-refractivity contribution >= 4 is 23.5 Å². The summed E-state index contributed by atoms with van der Waals surface area (Å²) >= 11 is 5.99. The van der Waals surface area contributed by atoms with Gasteiger partial charge >= 0.3 is 5.97 Å². The Morgan fingerprint density at radius 3 is 2.62 bits per heavy atom. The zero-order valence-electron chi connectivity index (χ0n) is 18.4. The lowest BCUT2D eigenvalue weighted by molar-refractivity contribution is 0.0252. The van der Waals surface area contributed by atoms with Crippen LogP contribution in [0.1, 0.15) is 56.0 Å². The van der Waals surface area contributed by atoms with Crippen LogP contribution in [0, 0.1) is 5.92 Å². The molecular formula is C27H23ClN2O4. The molecule has 3 aliphatic heterocycles. The smallest absolute Gasteiger partial charge is 0.339 e. The average molecular weight is 475 g/mol. The second-order valence-electron chi connectivity index (χ2n) is 9.43. The molecule has 0 saturated carbocycles. The highest BCUT2D eigenvalue weighted by atomic mass is 35.5. The molecule has 34 heavy (non-hydrogen) atoms. The summed E-state index contributed by atoms with van der Waals surface area (Å²) in [7, 11) is 0. The first kappa shape index (κ1) is 21.2. The molecule has 1 fully saturated rings. The van der Waals surface area contributed by atoms with Gasteiger partial charge in [-0.2, -0.15) is 0 Å². The summed E-state index contributed by atoms with van der Waals surface area (Å²) in [4.78, 5) is 40.3. The first-order chi connectivity index (χ1) is 16.5. The summed E-state index contributed by atoms with van der Waals surface area (Å²) in [6, 6.07) is 17.9. The van der Waals surface area contributed by atoms with Crippen LogP contribution in [-0.2, 0) is 17.7 Å². The van der Waals surface area contributed by atoms with E-state index in [0.29, 0.717) is 42.2 Å². The quantitative estimate of drug-likeness (QED) is 0.522. The molecule has 172 valence electrons. The van der Waals surface area contributed by atoms with E-state index in [0.717, 1.165) is 23.2 Å². The molecule has 6 rings (SSSR count). The number of carbonyl (C=O) groups excluding carboxylic acids is 2. The van der Waals surface area contributed by atoms with Gasteiger partial charge in [-0.15, -0.1) is 0 Å². The number of rotatable bonds is 2. The number of fused-ring (bicyclic) bond motifs is 5. The lowest BCUT2D eigenvalue weighted by Gasteiger charge is -2.42. The van der Waals surface area contributed by atoms with Crippen LogP contribution in [0.4, 0.5) is 0 Å². The maximum atomic E-state index is 13.5. The fraction of sp³-hybridized carbons (Fsp3) is 0.296. The summed E-state index contributed by atoms with van der Waals surface area (Å²) in [5.74, 6) is 0.00499. The molecule has 1 aromatic heterocycles. The van der Waals surface area contributed by atoms with Gasteiger partial charge in [-0.25, -0.2) is 4.79 Å². The molecule has 3 aliphatic rings. The van der Waals surface area contributed by atoms with Crippen molar-refractivity contribution in [3.05, 3.63) is 104 Å². The first-order valence-corrected chi connectivity index (χ1v) is 11.9. The zero-order valence-corrected chi connectivity index (χ0v) is 19.2. The lowest BCUT2D eigenvalue weighted by atomic mass is 9.83. The molecule has 0 aliphatic carbocycles. The first-order valence-electron chi connectivity index (χ1n) is 11.5. The van der Waals surface area contributed by atoms with E-state index in [-0.39, 0.29) is 29.3 Å². The number of hydrogen-bond donors (Lipinski definition) is 0. The van der Waals surface area contributed by atoms with Crippen LogP contribution in [-0.4, -0.2) is 34.4 Å². The maximum absolute atomic E-state index is 13.5. The Labute approximate surface area is 201 Å². The number of benzene rings is 2. The number of amides is 1. The van der Waals surface area contributed by atoms with E-state index in [4.69, 9.17) is 16.3 Å². The molecule has 4 heterocycles. The standard InChI is InChI=1S/C27H23ClN2O4/c28-21-7-4-17(5-8-21)24-12-19-11-18(6-9-22(19)27(33)34-24)26(32)29-13-16-10-20(15-29)23-2-1-3-25(31)30(23)14-16/h1-9,11,16,20,24H,10,12-15H2. The number of cyclic esters (lactones) is 1. The van der Waals surface area contributed by atoms with Gasteiger partial charge in [0.1, 0.15) is 6.10 Å². The number of nitrogens with zero attached hydrogens (tertiary/aromatic N) is 2. The predicted octanol–water partition coefficient (Wildman–Crippen LogP) is 4.22. The van der Waals surface area contributed by atoms with Gasteiger partial charge in [0.25, 0.3) is 11.5 Å². The Hall–Kier alpha value is -3.38. The van der Waals surface area contributed by atoms with E-state index in [2.05, 4.69) is 0 Å². The highest BCUT2D eigenvalue weighted by molar-refractivity contribution is 6.30. The topological polar surface area (TPSA) is 68.6 Å². The van der Waals surface area contributed by atoms with Gasteiger partial charge in [-0.05, 0) is 59.9 Å². The molecule has 1 amide bonds. The summed E-state index contributed by atoms with van der Waals surface area (Å²) < 4.78 is 7.51. The Morgan fingerprint density at radius 1 is 0.971 bits per heavy atom. The monoisotopic (exact) mass is 474 g/mol. The molecule has 1 saturated heterocycles. The largest absolute Gasteiger partial charge is 0.454 e. The molecule has 3 aromatic rings. The van der Waals surface area contributed by atoms with Crippen LogP contribution in [0.5, 0.6) is 0 Å². The molecular weight excluding hydrogens is 452 g/mol. The lowest BCUT2D eigenvalue weighted by Crippen LogP contribution is -2.49. The van der Waals surface area contributed by atoms with Gasteiger partial charge in [0.2, 0.25) is 0 Å². The Bertz CT molecular complexity index is 1360. The van der Waals surface area contributed by atoms with E-state index >= 15 is 0 Å². The molecule has 6 nitrogen and oxygen atoms in total. The number of likely N-dealkylation sites (tertiary alicyclic amines) is 1. The number of carbonyl (C=O) groups is 2. The number of hydrogen-bond acceptors (Lipinski definition) is 4. The molecule has 0 N–H and O–H groups in total. The highest BCUT2D eigenvalue weighted by Crippen LogP contribution is 2.36. The molecule has 3 unspecified atom stereocenters. The highest BCUT2D eigenvalue weighted by Gasteiger charge is 2.37. The minimum Gasteiger partial charge on any atom is -0.454 e. The van der Waals surface area contributed by atoms with E-state index in [1.54, 1.807) is 36.4 Å². The predicted molar refractivity (Wildman–Crippen MR) is 127 cm³/mol. The third-order valence-corrected chi connectivity index (χ3v) is 7.49. The number of halogens is 1. The third-order valence-electron chi connectivity index (χ3n) is 7.24. The molecule has 7 heteroatoms. The van der Waals surface area contributed by atoms with E-state index in [1.165, 1.54) is 0 Å². The van der Waals surface area contributed by atoms with Crippen LogP contribution in [0.25, 0.3) is 0 Å². The number of pyridine rings is 1. The maximum Gasteiger partial charge on any atom is 0.339 e. The van der Waals surface area contributed by atoms with Crippen molar-refractivity contribution in [1.29, 1.82) is 0 Å². The van der Waals surface area contributed by atoms with Crippen LogP contribution < -0.4 is 5.56 Å². The van der Waals surface area contributed by atoms with E-state index in [1.807, 2.05) is 33.7 Å². The number of piperidine rings is 1. The Morgan fingerprint density at radius 2 is 1.79 bits per heavy atom. The summed E-state index contributed by atoms with van der Waals surface area (Å²) in [6.07, 6.45) is 1.09. The second kappa shape index (κ2) is 8.13. The summed E-state index contributed by atoms with van der Waals surface area (Å²) in [5.41, 5.74) is 3.82. The Kier molecular flexibility index (Phi) is 5.06. The van der Waals surface area contributed by atoms with E-state index in [9.17, 15) is 14.4 Å². The van der Waals surface area contributed by atoms with Gasteiger partial charge in [0.05, 0.1) is 5.56 Å². The number of aromatic nitrogens is 1. The summed E-state index contributed by atoms with van der Waals surface area (Å²) in [6.45, 7) is 1.86. The van der Waals surface area contributed by atoms with Crippen LogP contribution >= 0.6 is 11.6 Å². The molecule has 0 radical (unpaired) electrons. The molecule has 2 aromatic carbocycles. The number of esters is 1. The minimum atomic E-state index is -0.410. The van der Waals surface area contributed by atoms with Crippen LogP contribution in [0.15, 0.2) is 65.5 Å². The third kappa shape index (κ3) is 3.62. The minimum absolute atomic E-state index is 0.0313. The second-order valence-corrected chi connectivity index (χ2v) is 9.87. The normalized spacial score (nSPS) is 23.0. The van der Waals surface area contributed by atoms with Crippen LogP contribution in [0.2, 0.25) is 5.02 Å². The van der Waals surface area contributed by atoms with Crippen molar-refractivity contribution in [3.63, 3.8) is 0 Å². The fourth-order valence-electron chi connectivity index (χ4n) is 5.64. The van der Waals surface area contributed by atoms with Crippen molar-refractivity contribution < 1.29 is 14.3 Å². The van der Waals surface area contributed by atoms with Gasteiger partial charge in [0, 0.05) is 54.3 Å². The SMILES string of the molecule is O=C1OC(c2ccc(Cl)cc2)Cc2cc(C(=O)N3CC4CC(C3)c3cccc(=O)n3C4)ccc21.